The van der Waals surface area contributed by atoms with Gasteiger partial charge in [0.25, 0.3) is 11.8 Å². The highest BCUT2D eigenvalue weighted by Crippen LogP contribution is 2.59. The Bertz CT molecular complexity index is 1580. The minimum atomic E-state index is -1.34. The number of amides is 3. The van der Waals surface area contributed by atoms with Crippen LogP contribution in [-0.2, 0) is 4.79 Å². The first-order valence-electron chi connectivity index (χ1n) is 14.5. The number of aromatic nitrogens is 2. The Morgan fingerprint density at radius 2 is 1.40 bits per heavy atom. The molecule has 7 rings (SSSR count). The maximum atomic E-state index is 13.5. The van der Waals surface area contributed by atoms with Crippen molar-refractivity contribution in [3.63, 3.8) is 0 Å². The monoisotopic (exact) mass is 587 g/mol. The molecule has 3 aromatic rings. The van der Waals surface area contributed by atoms with E-state index < -0.39 is 23.8 Å². The minimum Gasteiger partial charge on any atom is -0.478 e. The van der Waals surface area contributed by atoms with Crippen molar-refractivity contribution in [1.82, 2.24) is 20.6 Å². The zero-order valence-electron chi connectivity index (χ0n) is 23.4. The molecule has 0 spiro atoms. The van der Waals surface area contributed by atoms with Crippen LogP contribution in [0.5, 0.6) is 0 Å². The molecular formula is C31H33N5O7. The third kappa shape index (κ3) is 5.95. The maximum Gasteiger partial charge on any atom is 0.335 e. The van der Waals surface area contributed by atoms with Gasteiger partial charge in [-0.05, 0) is 92.0 Å². The zero-order valence-corrected chi connectivity index (χ0v) is 23.4. The summed E-state index contributed by atoms with van der Waals surface area (Å²) < 4.78 is 0. The van der Waals surface area contributed by atoms with Gasteiger partial charge in [-0.2, -0.15) is 0 Å². The number of H-pyrrole nitrogens is 1. The molecule has 6 N–H and O–H groups in total. The van der Waals surface area contributed by atoms with E-state index in [4.69, 9.17) is 0 Å². The van der Waals surface area contributed by atoms with Gasteiger partial charge in [0.05, 0.1) is 39.6 Å². The van der Waals surface area contributed by atoms with E-state index in [1.165, 1.54) is 25.6 Å². The summed E-state index contributed by atoms with van der Waals surface area (Å²) in [6.07, 6.45) is 8.68. The van der Waals surface area contributed by atoms with E-state index in [1.807, 2.05) is 0 Å². The first-order chi connectivity index (χ1) is 20.6. The molecule has 0 saturated heterocycles. The molecule has 224 valence electrons. The summed E-state index contributed by atoms with van der Waals surface area (Å²) in [5, 5.41) is 26.8. The Morgan fingerprint density at radius 3 is 2.00 bits per heavy atom. The third-order valence-corrected chi connectivity index (χ3v) is 9.19. The molecular weight excluding hydrogens is 554 g/mol. The van der Waals surface area contributed by atoms with Gasteiger partial charge in [-0.1, -0.05) is 0 Å². The molecule has 0 aliphatic heterocycles. The lowest BCUT2D eigenvalue weighted by molar-refractivity contribution is -0.116. The maximum absolute atomic E-state index is 13.5. The van der Waals surface area contributed by atoms with E-state index in [-0.39, 0.29) is 52.2 Å². The van der Waals surface area contributed by atoms with Crippen molar-refractivity contribution in [3.05, 3.63) is 58.9 Å². The largest absolute Gasteiger partial charge is 0.478 e. The fraction of sp³-hybridized carbons (Fsp3) is 0.419. The Kier molecular flexibility index (Phi) is 7.37. The van der Waals surface area contributed by atoms with Crippen LogP contribution in [0.25, 0.3) is 11.0 Å². The summed E-state index contributed by atoms with van der Waals surface area (Å²) in [5.41, 5.74) is 1.08. The summed E-state index contributed by atoms with van der Waals surface area (Å²) in [5.74, 6) is -1.85. The van der Waals surface area contributed by atoms with E-state index in [0.29, 0.717) is 17.6 Å². The number of benzene rings is 2. The topological polar surface area (TPSA) is 191 Å². The summed E-state index contributed by atoms with van der Waals surface area (Å²) >= 11 is 0. The van der Waals surface area contributed by atoms with Gasteiger partial charge in [-0.3, -0.25) is 14.4 Å². The van der Waals surface area contributed by atoms with Gasteiger partial charge in [-0.15, -0.1) is 0 Å². The summed E-state index contributed by atoms with van der Waals surface area (Å²) in [6.45, 7) is 0.506. The molecule has 4 bridgehead atoms. The van der Waals surface area contributed by atoms with Crippen LogP contribution in [0.2, 0.25) is 0 Å². The van der Waals surface area contributed by atoms with Crippen molar-refractivity contribution in [1.29, 1.82) is 0 Å². The number of aromatic amines is 1. The SMILES string of the molecule is O=C(CCNC(=O)c1cc2nc[nH]c2cc1C(=O)NCC12CC3CC(CC(C3)C1)C2)Nc1cc(C(=O)O)cc(C(=O)O)c1. The van der Waals surface area contributed by atoms with Crippen molar-refractivity contribution in [3.8, 4) is 0 Å². The highest BCUT2D eigenvalue weighted by molar-refractivity contribution is 6.10. The Balaban J connectivity index is 1.10. The van der Waals surface area contributed by atoms with E-state index in [1.54, 1.807) is 12.1 Å². The number of nitrogens with one attached hydrogen (secondary N) is 4. The van der Waals surface area contributed by atoms with Crippen LogP contribution in [0.15, 0.2) is 36.7 Å². The molecule has 0 radical (unpaired) electrons. The number of anilines is 1. The summed E-state index contributed by atoms with van der Waals surface area (Å²) in [4.78, 5) is 69.1. The lowest BCUT2D eigenvalue weighted by Crippen LogP contribution is -2.51. The predicted molar refractivity (Wildman–Crippen MR) is 155 cm³/mol. The fourth-order valence-electron chi connectivity index (χ4n) is 7.78. The number of carboxylic acid groups (broad SMARTS) is 2. The average molecular weight is 588 g/mol. The molecule has 1 heterocycles. The van der Waals surface area contributed by atoms with Crippen molar-refractivity contribution in [2.75, 3.05) is 18.4 Å². The van der Waals surface area contributed by atoms with Crippen LogP contribution in [0.4, 0.5) is 5.69 Å². The van der Waals surface area contributed by atoms with Crippen molar-refractivity contribution < 1.29 is 34.2 Å². The van der Waals surface area contributed by atoms with Crippen LogP contribution in [-0.4, -0.2) is 62.9 Å². The quantitative estimate of drug-likeness (QED) is 0.207. The number of aromatic carboxylic acids is 2. The van der Waals surface area contributed by atoms with Crippen molar-refractivity contribution >= 4 is 46.4 Å². The lowest BCUT2D eigenvalue weighted by Gasteiger charge is -2.56. The zero-order chi connectivity index (χ0) is 30.3. The predicted octanol–water partition coefficient (Wildman–Crippen LogP) is 3.66. The third-order valence-electron chi connectivity index (χ3n) is 9.19. The minimum absolute atomic E-state index is 0.00981. The number of hydrogen-bond acceptors (Lipinski definition) is 6. The van der Waals surface area contributed by atoms with Gasteiger partial charge in [0.15, 0.2) is 0 Å². The van der Waals surface area contributed by atoms with E-state index in [2.05, 4.69) is 25.9 Å². The molecule has 4 fully saturated rings. The Hall–Kier alpha value is -4.74. The number of carboxylic acids is 2. The molecule has 4 saturated carbocycles. The molecule has 4 aliphatic rings. The smallest absolute Gasteiger partial charge is 0.335 e. The number of carbonyl (C=O) groups excluding carboxylic acids is 3. The number of imidazole rings is 1. The molecule has 12 nitrogen and oxygen atoms in total. The standard InChI is InChI=1S/C31H33N5O7/c37-26(36-21-7-19(29(40)41)6-20(8-21)30(42)43)1-2-32-27(38)22-9-24-25(35-15-34-24)10-23(22)28(39)33-14-31-11-16-3-17(12-31)5-18(4-16)13-31/h6-10,15-18H,1-5,11-14H2,(H,32,38)(H,33,39)(H,34,35)(H,36,37)(H,40,41)(H,42,43). The Labute approximate surface area is 246 Å². The van der Waals surface area contributed by atoms with Crippen LogP contribution in [0, 0.1) is 23.2 Å². The molecule has 1 aromatic heterocycles. The number of nitrogens with zero attached hydrogens (tertiary/aromatic N) is 1. The molecule has 12 heteroatoms. The number of fused-ring (bicyclic) bond motifs is 1. The number of carbonyl (C=O) groups is 5. The molecule has 0 unspecified atom stereocenters. The van der Waals surface area contributed by atoms with Gasteiger partial charge in [0, 0.05) is 25.2 Å². The van der Waals surface area contributed by atoms with Crippen molar-refractivity contribution in [2.45, 2.75) is 44.9 Å². The Morgan fingerprint density at radius 1 is 0.814 bits per heavy atom. The molecule has 0 atom stereocenters. The average Bonchev–Trinajstić information content (AvgIpc) is 3.42. The van der Waals surface area contributed by atoms with Crippen molar-refractivity contribution in [2.24, 2.45) is 23.2 Å². The second-order valence-electron chi connectivity index (χ2n) is 12.4. The van der Waals surface area contributed by atoms with Crippen LogP contribution >= 0.6 is 0 Å². The van der Waals surface area contributed by atoms with Gasteiger partial charge < -0.3 is 31.1 Å². The highest BCUT2D eigenvalue weighted by atomic mass is 16.4. The number of rotatable bonds is 10. The number of hydrogen-bond donors (Lipinski definition) is 6. The van der Waals surface area contributed by atoms with Gasteiger partial charge in [0.2, 0.25) is 5.91 Å². The molecule has 2 aromatic carbocycles. The second-order valence-corrected chi connectivity index (χ2v) is 12.4. The first-order valence-corrected chi connectivity index (χ1v) is 14.5. The molecule has 43 heavy (non-hydrogen) atoms. The lowest BCUT2D eigenvalue weighted by atomic mass is 9.49. The van der Waals surface area contributed by atoms with E-state index in [9.17, 15) is 34.2 Å². The van der Waals surface area contributed by atoms with E-state index >= 15 is 0 Å². The second kappa shape index (κ2) is 11.2. The fourth-order valence-corrected chi connectivity index (χ4v) is 7.78. The highest BCUT2D eigenvalue weighted by Gasteiger charge is 2.50. The van der Waals surface area contributed by atoms with Gasteiger partial charge >= 0.3 is 11.9 Å². The first kappa shape index (κ1) is 28.4. The van der Waals surface area contributed by atoms with Gasteiger partial charge in [-0.25, -0.2) is 14.6 Å². The molecule has 4 aliphatic carbocycles. The summed E-state index contributed by atoms with van der Waals surface area (Å²) in [6, 6.07) is 6.46. The van der Waals surface area contributed by atoms with E-state index in [0.717, 1.165) is 55.2 Å². The normalized spacial score (nSPS) is 23.6. The molecule has 3 amide bonds. The van der Waals surface area contributed by atoms with Crippen LogP contribution in [0.3, 0.4) is 0 Å². The van der Waals surface area contributed by atoms with Crippen LogP contribution < -0.4 is 16.0 Å². The van der Waals surface area contributed by atoms with Gasteiger partial charge in [0.1, 0.15) is 0 Å². The summed E-state index contributed by atoms with van der Waals surface area (Å²) in [7, 11) is 0. The van der Waals surface area contributed by atoms with Crippen LogP contribution in [0.1, 0.15) is 86.4 Å².